The van der Waals surface area contributed by atoms with Crippen LogP contribution in [0.2, 0.25) is 0 Å². The van der Waals surface area contributed by atoms with Crippen molar-refractivity contribution in [3.05, 3.63) is 11.6 Å². The number of nitrogens with one attached hydrogen (secondary N) is 1. The van der Waals surface area contributed by atoms with Gasteiger partial charge in [0, 0.05) is 18.1 Å². The number of ether oxygens (including phenoxy) is 1. The Bertz CT molecular complexity index is 804. The van der Waals surface area contributed by atoms with E-state index in [9.17, 15) is 8.42 Å². The fourth-order valence-corrected chi connectivity index (χ4v) is 4.56. The molecule has 3 heterocycles. The van der Waals surface area contributed by atoms with Gasteiger partial charge < -0.3 is 10.2 Å². The van der Waals surface area contributed by atoms with Gasteiger partial charge in [0.2, 0.25) is 5.03 Å². The highest BCUT2D eigenvalue weighted by Gasteiger charge is 2.35. The van der Waals surface area contributed by atoms with Crippen LogP contribution in [0, 0.1) is 11.3 Å². The minimum absolute atomic E-state index is 0.0137. The second-order valence-electron chi connectivity index (χ2n) is 4.32. The van der Waals surface area contributed by atoms with Crippen LogP contribution >= 0.6 is 11.3 Å². The highest BCUT2D eigenvalue weighted by molar-refractivity contribution is 7.89. The Labute approximate surface area is 124 Å². The molecule has 1 aliphatic heterocycles. The van der Waals surface area contributed by atoms with Crippen LogP contribution < -0.4 is 11.3 Å². The van der Waals surface area contributed by atoms with Crippen LogP contribution in [0.4, 0.5) is 5.82 Å². The van der Waals surface area contributed by atoms with Crippen molar-refractivity contribution >= 4 is 32.1 Å². The topological polar surface area (TPSA) is 126 Å². The van der Waals surface area contributed by atoms with Crippen LogP contribution in [0.15, 0.2) is 16.6 Å². The van der Waals surface area contributed by atoms with Gasteiger partial charge in [-0.15, -0.1) is 11.3 Å². The van der Waals surface area contributed by atoms with Crippen molar-refractivity contribution in [2.75, 3.05) is 25.1 Å². The third-order valence-corrected chi connectivity index (χ3v) is 5.76. The number of fused-ring (bicyclic) bond motifs is 1. The molecule has 0 bridgehead atoms. The zero-order valence-corrected chi connectivity index (χ0v) is 12.4. The van der Waals surface area contributed by atoms with Crippen molar-refractivity contribution in [1.82, 2.24) is 13.7 Å². The quantitative estimate of drug-likeness (QED) is 0.579. The molecule has 112 valence electrons. The number of thiazole rings is 1. The molecule has 1 aliphatic rings. The summed E-state index contributed by atoms with van der Waals surface area (Å²) in [6.07, 6.45) is 0.844. The van der Waals surface area contributed by atoms with E-state index in [1.807, 2.05) is 6.07 Å². The fourth-order valence-electron chi connectivity index (χ4n) is 2.15. The first-order valence-electron chi connectivity index (χ1n) is 6.01. The molecule has 3 N–H and O–H groups in total. The van der Waals surface area contributed by atoms with E-state index in [1.54, 1.807) is 11.6 Å². The summed E-state index contributed by atoms with van der Waals surface area (Å²) in [4.78, 5) is 4.65. The van der Waals surface area contributed by atoms with Gasteiger partial charge in [0.1, 0.15) is 0 Å². The number of nitriles is 1. The zero-order chi connectivity index (χ0) is 15.0. The molecule has 0 aliphatic carbocycles. The number of nitrogen functional groups attached to an aromatic ring is 1. The van der Waals surface area contributed by atoms with Crippen molar-refractivity contribution in [2.24, 2.45) is 5.84 Å². The Kier molecular flexibility index (Phi) is 3.56. The van der Waals surface area contributed by atoms with Crippen molar-refractivity contribution in [2.45, 2.75) is 11.1 Å². The van der Waals surface area contributed by atoms with Gasteiger partial charge in [-0.2, -0.15) is 14.6 Å². The third kappa shape index (κ3) is 2.27. The average molecular weight is 328 g/mol. The maximum absolute atomic E-state index is 12.8. The number of nitrogens with two attached hydrogens (primary N) is 1. The minimum atomic E-state index is -3.83. The molecule has 2 aromatic heterocycles. The molecule has 2 aromatic rings. The number of hydrogen-bond donors (Lipinski definition) is 2. The normalized spacial score (nSPS) is 20.5. The second-order valence-corrected chi connectivity index (χ2v) is 7.04. The van der Waals surface area contributed by atoms with Gasteiger partial charge in [-0.1, -0.05) is 0 Å². The molecule has 0 radical (unpaired) electrons. The summed E-state index contributed by atoms with van der Waals surface area (Å²) >= 11 is 1.30. The Hall–Kier alpha value is -1.71. The molecule has 0 spiro atoms. The molecule has 0 aromatic carbocycles. The van der Waals surface area contributed by atoms with Gasteiger partial charge in [0.15, 0.2) is 16.9 Å². The maximum Gasteiger partial charge on any atom is 0.263 e. The molecule has 1 atom stereocenters. The van der Waals surface area contributed by atoms with Gasteiger partial charge in [-0.05, 0) is 0 Å². The molecule has 0 saturated carbocycles. The zero-order valence-electron chi connectivity index (χ0n) is 10.8. The predicted octanol–water partition coefficient (Wildman–Crippen LogP) is -0.406. The summed E-state index contributed by atoms with van der Waals surface area (Å²) in [5, 5.41) is 10.6. The minimum Gasteiger partial charge on any atom is -0.361 e. The number of aromatic nitrogens is 2. The number of morpholine rings is 1. The molecule has 3 rings (SSSR count). The molecule has 21 heavy (non-hydrogen) atoms. The number of hydrogen-bond acceptors (Lipinski definition) is 8. The highest BCUT2D eigenvalue weighted by Crippen LogP contribution is 2.28. The van der Waals surface area contributed by atoms with Crippen LogP contribution in [-0.2, 0) is 14.8 Å². The lowest BCUT2D eigenvalue weighted by atomic mass is 10.3. The summed E-state index contributed by atoms with van der Waals surface area (Å²) in [6, 6.07) is 1.92. The molecular weight excluding hydrogens is 316 g/mol. The fraction of sp³-hybridized carbons (Fsp3) is 0.400. The summed E-state index contributed by atoms with van der Waals surface area (Å²) in [5.41, 5.74) is 2.31. The first-order valence-corrected chi connectivity index (χ1v) is 8.33. The van der Waals surface area contributed by atoms with E-state index in [4.69, 9.17) is 15.8 Å². The number of rotatable bonds is 3. The van der Waals surface area contributed by atoms with Crippen LogP contribution in [0.5, 0.6) is 0 Å². The SMILES string of the molecule is N#CC1CN(S(=O)(=O)c2c(NN)nc3sccn23)CCO1. The van der Waals surface area contributed by atoms with E-state index >= 15 is 0 Å². The van der Waals surface area contributed by atoms with E-state index < -0.39 is 16.1 Å². The lowest BCUT2D eigenvalue weighted by Gasteiger charge is -2.28. The highest BCUT2D eigenvalue weighted by atomic mass is 32.2. The maximum atomic E-state index is 12.8. The molecule has 11 heteroatoms. The third-order valence-electron chi connectivity index (χ3n) is 3.11. The Morgan fingerprint density at radius 1 is 1.62 bits per heavy atom. The average Bonchev–Trinajstić information content (AvgIpc) is 3.06. The van der Waals surface area contributed by atoms with Crippen molar-refractivity contribution < 1.29 is 13.2 Å². The molecule has 9 nitrogen and oxygen atoms in total. The van der Waals surface area contributed by atoms with Crippen molar-refractivity contribution in [3.63, 3.8) is 0 Å². The van der Waals surface area contributed by atoms with Crippen molar-refractivity contribution in [3.8, 4) is 6.07 Å². The summed E-state index contributed by atoms with van der Waals surface area (Å²) in [7, 11) is -3.83. The Morgan fingerprint density at radius 3 is 3.14 bits per heavy atom. The number of anilines is 1. The predicted molar refractivity (Wildman–Crippen MR) is 75.0 cm³/mol. The van der Waals surface area contributed by atoms with E-state index in [2.05, 4.69) is 10.4 Å². The molecule has 1 fully saturated rings. The summed E-state index contributed by atoms with van der Waals surface area (Å²) < 4.78 is 33.5. The standard InChI is InChI=1S/C10H12N6O3S2/c11-5-7-6-15(1-3-19-7)21(17,18)9-8(14-12)13-10-16(9)2-4-20-10/h2,4,7,14H,1,3,6,12H2. The summed E-state index contributed by atoms with van der Waals surface area (Å²) in [5.74, 6) is 5.46. The van der Waals surface area contributed by atoms with Crippen molar-refractivity contribution in [1.29, 1.82) is 5.26 Å². The van der Waals surface area contributed by atoms with Crippen LogP contribution in [0.3, 0.4) is 0 Å². The number of nitrogens with zero attached hydrogens (tertiary/aromatic N) is 4. The van der Waals surface area contributed by atoms with Crippen LogP contribution in [-0.4, -0.2) is 47.9 Å². The smallest absolute Gasteiger partial charge is 0.263 e. The van der Waals surface area contributed by atoms with E-state index in [0.29, 0.717) is 4.96 Å². The first kappa shape index (κ1) is 14.2. The van der Waals surface area contributed by atoms with Gasteiger partial charge in [0.05, 0.1) is 19.2 Å². The molecule has 1 saturated heterocycles. The van der Waals surface area contributed by atoms with E-state index in [-0.39, 0.29) is 30.5 Å². The lowest BCUT2D eigenvalue weighted by molar-refractivity contribution is 0.0310. The second kappa shape index (κ2) is 5.24. The van der Waals surface area contributed by atoms with Gasteiger partial charge in [-0.3, -0.25) is 4.40 Å². The van der Waals surface area contributed by atoms with E-state index in [1.165, 1.54) is 20.0 Å². The summed E-state index contributed by atoms with van der Waals surface area (Å²) in [6.45, 7) is 0.344. The number of imidazole rings is 1. The lowest BCUT2D eigenvalue weighted by Crippen LogP contribution is -2.45. The van der Waals surface area contributed by atoms with E-state index in [0.717, 1.165) is 0 Å². The number of sulfonamides is 1. The van der Waals surface area contributed by atoms with Gasteiger partial charge >= 0.3 is 0 Å². The number of hydrazine groups is 1. The Morgan fingerprint density at radius 2 is 2.43 bits per heavy atom. The molecule has 0 amide bonds. The monoisotopic (exact) mass is 328 g/mol. The molecule has 1 unspecified atom stereocenters. The van der Waals surface area contributed by atoms with Crippen LogP contribution in [0.25, 0.3) is 4.96 Å². The Balaban J connectivity index is 2.07. The molecular formula is C10H12N6O3S2. The largest absolute Gasteiger partial charge is 0.361 e. The van der Waals surface area contributed by atoms with Gasteiger partial charge in [-0.25, -0.2) is 14.3 Å². The van der Waals surface area contributed by atoms with Crippen LogP contribution in [0.1, 0.15) is 0 Å². The first-order chi connectivity index (χ1) is 10.1. The van der Waals surface area contributed by atoms with Gasteiger partial charge in [0.25, 0.3) is 10.0 Å².